The second kappa shape index (κ2) is 6.49. The molecule has 0 aromatic heterocycles. The lowest BCUT2D eigenvalue weighted by Gasteiger charge is -2.30. The summed E-state index contributed by atoms with van der Waals surface area (Å²) in [5.74, 6) is 0.715. The molecule has 2 nitrogen and oxygen atoms in total. The van der Waals surface area contributed by atoms with Crippen molar-refractivity contribution >= 4 is 0 Å². The van der Waals surface area contributed by atoms with Crippen molar-refractivity contribution in [2.24, 2.45) is 11.3 Å². The Labute approximate surface area is 95.5 Å². The average Bonchev–Trinajstić information content (AvgIpc) is 2.11. The Balaban J connectivity index is 3.92. The van der Waals surface area contributed by atoms with E-state index in [0.717, 1.165) is 13.0 Å². The van der Waals surface area contributed by atoms with Gasteiger partial charge in [0.05, 0.1) is 6.10 Å². The van der Waals surface area contributed by atoms with Gasteiger partial charge in [-0.15, -0.1) is 0 Å². The summed E-state index contributed by atoms with van der Waals surface area (Å²) >= 11 is 0. The first kappa shape index (κ1) is 14.9. The predicted octanol–water partition coefficient (Wildman–Crippen LogP) is 2.81. The molecule has 0 aromatic carbocycles. The van der Waals surface area contributed by atoms with E-state index in [0.29, 0.717) is 12.0 Å². The lowest BCUT2D eigenvalue weighted by molar-refractivity contribution is 0.125. The topological polar surface area (TPSA) is 32.3 Å². The van der Waals surface area contributed by atoms with Crippen molar-refractivity contribution in [1.29, 1.82) is 0 Å². The van der Waals surface area contributed by atoms with Crippen molar-refractivity contribution < 1.29 is 5.11 Å². The second-order valence-electron chi connectivity index (χ2n) is 5.77. The van der Waals surface area contributed by atoms with Gasteiger partial charge in [-0.1, -0.05) is 34.1 Å². The number of hydrogen-bond donors (Lipinski definition) is 2. The maximum Gasteiger partial charge on any atom is 0.0517 e. The van der Waals surface area contributed by atoms with E-state index in [1.165, 1.54) is 6.42 Å². The molecule has 0 rings (SSSR count). The molecular formula is C13H29NO. The van der Waals surface area contributed by atoms with Crippen molar-refractivity contribution in [2.75, 3.05) is 6.54 Å². The minimum atomic E-state index is -0.208. The fourth-order valence-corrected chi connectivity index (χ4v) is 1.86. The highest BCUT2D eigenvalue weighted by atomic mass is 16.3. The first-order valence-corrected chi connectivity index (χ1v) is 6.20. The molecule has 0 aliphatic heterocycles. The lowest BCUT2D eigenvalue weighted by Crippen LogP contribution is -2.39. The van der Waals surface area contributed by atoms with Gasteiger partial charge in [-0.05, 0) is 31.6 Å². The van der Waals surface area contributed by atoms with E-state index >= 15 is 0 Å². The van der Waals surface area contributed by atoms with Crippen LogP contribution in [-0.4, -0.2) is 23.8 Å². The number of rotatable bonds is 7. The summed E-state index contributed by atoms with van der Waals surface area (Å²) in [5.41, 5.74) is 0.176. The molecule has 0 aliphatic carbocycles. The van der Waals surface area contributed by atoms with Gasteiger partial charge in [0, 0.05) is 12.6 Å². The third-order valence-corrected chi connectivity index (χ3v) is 3.25. The molecule has 2 N–H and O–H groups in total. The van der Waals surface area contributed by atoms with Gasteiger partial charge in [0.2, 0.25) is 0 Å². The van der Waals surface area contributed by atoms with Crippen LogP contribution in [0.3, 0.4) is 0 Å². The van der Waals surface area contributed by atoms with E-state index < -0.39 is 0 Å². The van der Waals surface area contributed by atoms with Crippen LogP contribution in [0.1, 0.15) is 54.4 Å². The molecule has 0 aliphatic rings. The summed E-state index contributed by atoms with van der Waals surface area (Å²) in [6, 6.07) is 0.559. The summed E-state index contributed by atoms with van der Waals surface area (Å²) in [4.78, 5) is 0. The highest BCUT2D eigenvalue weighted by Crippen LogP contribution is 2.21. The summed E-state index contributed by atoms with van der Waals surface area (Å²) in [7, 11) is 0. The van der Waals surface area contributed by atoms with Gasteiger partial charge in [0.15, 0.2) is 0 Å². The van der Waals surface area contributed by atoms with Crippen LogP contribution in [0.5, 0.6) is 0 Å². The molecule has 3 atom stereocenters. The van der Waals surface area contributed by atoms with Gasteiger partial charge >= 0.3 is 0 Å². The van der Waals surface area contributed by atoms with Gasteiger partial charge in [-0.25, -0.2) is 0 Å². The van der Waals surface area contributed by atoms with Gasteiger partial charge in [-0.3, -0.25) is 0 Å². The van der Waals surface area contributed by atoms with Crippen LogP contribution < -0.4 is 5.32 Å². The molecule has 0 saturated carbocycles. The molecule has 92 valence electrons. The average molecular weight is 215 g/mol. The third-order valence-electron chi connectivity index (χ3n) is 3.25. The molecule has 15 heavy (non-hydrogen) atoms. The largest absolute Gasteiger partial charge is 0.393 e. The first-order valence-electron chi connectivity index (χ1n) is 6.20. The van der Waals surface area contributed by atoms with Crippen molar-refractivity contribution in [3.05, 3.63) is 0 Å². The molecule has 0 spiro atoms. The van der Waals surface area contributed by atoms with Crippen LogP contribution in [0.4, 0.5) is 0 Å². The summed E-state index contributed by atoms with van der Waals surface area (Å²) in [5, 5.41) is 12.9. The van der Waals surface area contributed by atoms with Crippen molar-refractivity contribution in [1.82, 2.24) is 5.32 Å². The quantitative estimate of drug-likeness (QED) is 0.684. The molecule has 0 fully saturated rings. The lowest BCUT2D eigenvalue weighted by atomic mass is 9.86. The van der Waals surface area contributed by atoms with E-state index in [4.69, 9.17) is 0 Å². The third kappa shape index (κ3) is 6.91. The van der Waals surface area contributed by atoms with E-state index in [2.05, 4.69) is 39.9 Å². The molecule has 0 saturated heterocycles. The summed E-state index contributed by atoms with van der Waals surface area (Å²) in [6.07, 6.45) is 1.86. The Morgan fingerprint density at radius 3 is 2.13 bits per heavy atom. The summed E-state index contributed by atoms with van der Waals surface area (Å²) in [6.45, 7) is 14.0. The van der Waals surface area contributed by atoms with Crippen LogP contribution in [-0.2, 0) is 0 Å². The molecule has 0 radical (unpaired) electrons. The minimum absolute atomic E-state index is 0.176. The van der Waals surface area contributed by atoms with Crippen molar-refractivity contribution in [3.63, 3.8) is 0 Å². The van der Waals surface area contributed by atoms with Crippen LogP contribution in [0.25, 0.3) is 0 Å². The van der Waals surface area contributed by atoms with Crippen LogP contribution in [0, 0.1) is 11.3 Å². The smallest absolute Gasteiger partial charge is 0.0517 e. The number of nitrogens with one attached hydrogen (secondary N) is 1. The van der Waals surface area contributed by atoms with E-state index in [9.17, 15) is 5.11 Å². The molecule has 0 bridgehead atoms. The summed E-state index contributed by atoms with van der Waals surface area (Å²) < 4.78 is 0. The van der Waals surface area contributed by atoms with Crippen molar-refractivity contribution in [3.8, 4) is 0 Å². The number of hydrogen-bond acceptors (Lipinski definition) is 2. The Bertz CT molecular complexity index is 166. The predicted molar refractivity (Wildman–Crippen MR) is 67.0 cm³/mol. The van der Waals surface area contributed by atoms with Gasteiger partial charge < -0.3 is 10.4 Å². The monoisotopic (exact) mass is 215 g/mol. The SMILES string of the molecule is CCC(C)C(C)NCC(C)(C)CC(C)O. The first-order chi connectivity index (χ1) is 6.78. The zero-order valence-corrected chi connectivity index (χ0v) is 11.3. The van der Waals surface area contributed by atoms with Gasteiger partial charge in [0.25, 0.3) is 0 Å². The Morgan fingerprint density at radius 2 is 1.73 bits per heavy atom. The Morgan fingerprint density at radius 1 is 1.20 bits per heavy atom. The van der Waals surface area contributed by atoms with Crippen LogP contribution >= 0.6 is 0 Å². The van der Waals surface area contributed by atoms with E-state index in [-0.39, 0.29) is 11.5 Å². The van der Waals surface area contributed by atoms with Gasteiger partial charge in [0.1, 0.15) is 0 Å². The normalized spacial score (nSPS) is 18.6. The van der Waals surface area contributed by atoms with Crippen LogP contribution in [0.15, 0.2) is 0 Å². The standard InChI is InChI=1S/C13H29NO/c1-7-10(2)12(4)14-9-13(5,6)8-11(3)15/h10-12,14-15H,7-9H2,1-6H3. The van der Waals surface area contributed by atoms with Crippen LogP contribution in [0.2, 0.25) is 0 Å². The molecular weight excluding hydrogens is 186 g/mol. The van der Waals surface area contributed by atoms with Gasteiger partial charge in [-0.2, -0.15) is 0 Å². The Kier molecular flexibility index (Phi) is 6.46. The molecule has 3 unspecified atom stereocenters. The van der Waals surface area contributed by atoms with Crippen molar-refractivity contribution in [2.45, 2.75) is 66.5 Å². The Hall–Kier alpha value is -0.0800. The maximum absolute atomic E-state index is 9.38. The number of aliphatic hydroxyl groups excluding tert-OH is 1. The minimum Gasteiger partial charge on any atom is -0.393 e. The zero-order chi connectivity index (χ0) is 12.1. The van der Waals surface area contributed by atoms with E-state index in [1.54, 1.807) is 0 Å². The maximum atomic E-state index is 9.38. The fourth-order valence-electron chi connectivity index (χ4n) is 1.86. The number of aliphatic hydroxyl groups is 1. The molecule has 2 heteroatoms. The zero-order valence-electron chi connectivity index (χ0n) is 11.3. The fraction of sp³-hybridized carbons (Fsp3) is 1.00. The second-order valence-corrected chi connectivity index (χ2v) is 5.77. The highest BCUT2D eigenvalue weighted by Gasteiger charge is 2.21. The molecule has 0 heterocycles. The molecule has 0 amide bonds. The molecule has 0 aromatic rings. The highest BCUT2D eigenvalue weighted by molar-refractivity contribution is 4.77. The van der Waals surface area contributed by atoms with E-state index in [1.807, 2.05) is 6.92 Å².